The summed E-state index contributed by atoms with van der Waals surface area (Å²) < 4.78 is 0. The minimum atomic E-state index is -1.25. The topological polar surface area (TPSA) is 29.5 Å². The van der Waals surface area contributed by atoms with Gasteiger partial charge >= 0.3 is 0 Å². The van der Waals surface area contributed by atoms with Crippen LogP contribution in [0.4, 0.5) is 0 Å². The second kappa shape index (κ2) is 8.69. The molecule has 0 saturated carbocycles. The van der Waals surface area contributed by atoms with E-state index >= 15 is 0 Å². The highest BCUT2D eigenvalue weighted by Crippen LogP contribution is 2.45. The summed E-state index contributed by atoms with van der Waals surface area (Å²) in [5.41, 5.74) is 0.0537. The first-order chi connectivity index (χ1) is 9.54. The van der Waals surface area contributed by atoms with E-state index in [0.717, 1.165) is 12.8 Å². The molecule has 1 unspecified atom stereocenters. The van der Waals surface area contributed by atoms with Crippen LogP contribution < -0.4 is 0 Å². The molecular weight excluding hydrogens is 276 g/mol. The van der Waals surface area contributed by atoms with Gasteiger partial charge in [-0.2, -0.15) is 0 Å². The van der Waals surface area contributed by atoms with Gasteiger partial charge in [0.05, 0.1) is 14.2 Å². The lowest BCUT2D eigenvalue weighted by Gasteiger charge is -2.41. The van der Waals surface area contributed by atoms with Gasteiger partial charge in [-0.15, -0.1) is 0 Å². The molecule has 0 aliphatic rings. The molecule has 0 aliphatic heterocycles. The summed E-state index contributed by atoms with van der Waals surface area (Å²) in [5.74, 6) is 0. The van der Waals surface area contributed by atoms with Crippen LogP contribution in [0.5, 0.6) is 0 Å². The standard InChI is InChI=1S/C18H40O2Si/c1-9-11-14-18(5,6)21(7,8)15-12-13-16(20-19)17(3,4)10-2/h16,19H,9-15H2,1-8H3. The van der Waals surface area contributed by atoms with Gasteiger partial charge in [0.2, 0.25) is 0 Å². The van der Waals surface area contributed by atoms with E-state index < -0.39 is 8.07 Å². The number of unbranched alkanes of at least 4 members (excludes halogenated alkanes) is 1. The third kappa shape index (κ3) is 6.41. The molecule has 1 N–H and O–H groups in total. The zero-order chi connectivity index (χ0) is 16.7. The number of hydrogen-bond donors (Lipinski definition) is 1. The van der Waals surface area contributed by atoms with Gasteiger partial charge in [-0.05, 0) is 23.3 Å². The first-order valence-electron chi connectivity index (χ1n) is 8.84. The molecule has 0 amide bonds. The van der Waals surface area contributed by atoms with E-state index in [1.807, 2.05) is 0 Å². The van der Waals surface area contributed by atoms with Crippen molar-refractivity contribution in [2.45, 2.75) is 110 Å². The van der Waals surface area contributed by atoms with Crippen molar-refractivity contribution in [1.82, 2.24) is 0 Å². The van der Waals surface area contributed by atoms with E-state index in [0.29, 0.717) is 5.04 Å². The molecule has 0 aromatic heterocycles. The minimum Gasteiger partial charge on any atom is -0.252 e. The van der Waals surface area contributed by atoms with Crippen molar-refractivity contribution in [3.05, 3.63) is 0 Å². The normalized spacial score (nSPS) is 15.3. The second-order valence-electron chi connectivity index (χ2n) is 8.70. The van der Waals surface area contributed by atoms with Gasteiger partial charge < -0.3 is 0 Å². The minimum absolute atomic E-state index is 0.0361. The molecule has 1 atom stereocenters. The van der Waals surface area contributed by atoms with Crippen molar-refractivity contribution >= 4 is 8.07 Å². The Hall–Kier alpha value is 0.137. The maximum absolute atomic E-state index is 9.21. The van der Waals surface area contributed by atoms with Crippen molar-refractivity contribution in [1.29, 1.82) is 0 Å². The highest BCUT2D eigenvalue weighted by atomic mass is 28.3. The zero-order valence-corrected chi connectivity index (χ0v) is 16.9. The number of rotatable bonds is 11. The lowest BCUT2D eigenvalue weighted by atomic mass is 9.82. The summed E-state index contributed by atoms with van der Waals surface area (Å²) >= 11 is 0. The third-order valence-electron chi connectivity index (χ3n) is 6.17. The van der Waals surface area contributed by atoms with Crippen LogP contribution in [-0.2, 0) is 4.89 Å². The number of hydrogen-bond acceptors (Lipinski definition) is 2. The summed E-state index contributed by atoms with van der Waals surface area (Å²) in [6.07, 6.45) is 7.12. The highest BCUT2D eigenvalue weighted by molar-refractivity contribution is 6.80. The Labute approximate surface area is 134 Å². The Morgan fingerprint density at radius 1 is 1.05 bits per heavy atom. The average molecular weight is 317 g/mol. The fourth-order valence-corrected chi connectivity index (χ4v) is 5.46. The molecule has 0 spiro atoms. The monoisotopic (exact) mass is 316 g/mol. The second-order valence-corrected chi connectivity index (χ2v) is 14.3. The van der Waals surface area contributed by atoms with Crippen molar-refractivity contribution in [3.63, 3.8) is 0 Å². The van der Waals surface area contributed by atoms with Gasteiger partial charge in [0.1, 0.15) is 0 Å². The SMILES string of the molecule is CCCCC(C)(C)[Si](C)(C)CCCC(OO)C(C)(C)CC. The average Bonchev–Trinajstić information content (AvgIpc) is 2.40. The van der Waals surface area contributed by atoms with E-state index in [2.05, 4.69) is 54.6 Å². The van der Waals surface area contributed by atoms with Crippen LogP contribution in [0.3, 0.4) is 0 Å². The molecule has 0 aromatic carbocycles. The quantitative estimate of drug-likeness (QED) is 0.260. The Kier molecular flexibility index (Phi) is 8.74. The Balaban J connectivity index is 4.49. The van der Waals surface area contributed by atoms with E-state index in [9.17, 15) is 5.26 Å². The van der Waals surface area contributed by atoms with Crippen LogP contribution in [0.15, 0.2) is 0 Å². The maximum Gasteiger partial charge on any atom is 0.0977 e. The molecule has 0 aliphatic carbocycles. The van der Waals surface area contributed by atoms with Crippen LogP contribution in [0.2, 0.25) is 24.2 Å². The van der Waals surface area contributed by atoms with Gasteiger partial charge in [-0.3, -0.25) is 5.26 Å². The predicted octanol–water partition coefficient (Wildman–Crippen LogP) is 6.74. The van der Waals surface area contributed by atoms with E-state index in [1.165, 1.54) is 31.7 Å². The molecule has 21 heavy (non-hydrogen) atoms. The van der Waals surface area contributed by atoms with Crippen molar-refractivity contribution < 1.29 is 10.1 Å². The molecule has 0 heterocycles. The van der Waals surface area contributed by atoms with Gasteiger partial charge in [0, 0.05) is 0 Å². The lowest BCUT2D eigenvalue weighted by Crippen LogP contribution is -2.39. The summed E-state index contributed by atoms with van der Waals surface area (Å²) in [4.78, 5) is 4.79. The van der Waals surface area contributed by atoms with Gasteiger partial charge in [-0.25, -0.2) is 4.89 Å². The molecule has 128 valence electrons. The highest BCUT2D eigenvalue weighted by Gasteiger charge is 2.38. The molecule has 0 fully saturated rings. The molecule has 3 heteroatoms. The summed E-state index contributed by atoms with van der Waals surface area (Å²) in [5, 5.41) is 9.71. The molecule has 0 rings (SSSR count). The molecule has 0 saturated heterocycles. The molecule has 0 aromatic rings. The summed E-state index contributed by atoms with van der Waals surface area (Å²) in [6, 6.07) is 1.32. The first kappa shape index (κ1) is 21.1. The fourth-order valence-electron chi connectivity index (χ4n) is 2.84. The van der Waals surface area contributed by atoms with Crippen LogP contribution in [0.25, 0.3) is 0 Å². The van der Waals surface area contributed by atoms with Crippen molar-refractivity contribution in [3.8, 4) is 0 Å². The molecular formula is C18H40O2Si. The third-order valence-corrected chi connectivity index (χ3v) is 11.7. The zero-order valence-electron chi connectivity index (χ0n) is 15.9. The lowest BCUT2D eigenvalue weighted by molar-refractivity contribution is -0.302. The molecule has 0 radical (unpaired) electrons. The van der Waals surface area contributed by atoms with E-state index in [-0.39, 0.29) is 11.5 Å². The van der Waals surface area contributed by atoms with Crippen LogP contribution in [-0.4, -0.2) is 19.4 Å². The van der Waals surface area contributed by atoms with E-state index in [1.54, 1.807) is 0 Å². The van der Waals surface area contributed by atoms with Gasteiger partial charge in [-0.1, -0.05) is 86.4 Å². The fraction of sp³-hybridized carbons (Fsp3) is 1.00. The van der Waals surface area contributed by atoms with Crippen molar-refractivity contribution in [2.75, 3.05) is 0 Å². The van der Waals surface area contributed by atoms with Gasteiger partial charge in [0.15, 0.2) is 0 Å². The Bertz CT molecular complexity index is 285. The largest absolute Gasteiger partial charge is 0.252 e. The molecule has 0 bridgehead atoms. The smallest absolute Gasteiger partial charge is 0.0977 e. The van der Waals surface area contributed by atoms with Crippen LogP contribution in [0.1, 0.15) is 80.1 Å². The van der Waals surface area contributed by atoms with Crippen LogP contribution >= 0.6 is 0 Å². The Morgan fingerprint density at radius 3 is 2.05 bits per heavy atom. The predicted molar refractivity (Wildman–Crippen MR) is 96.7 cm³/mol. The van der Waals surface area contributed by atoms with E-state index in [4.69, 9.17) is 4.89 Å². The summed E-state index contributed by atoms with van der Waals surface area (Å²) in [7, 11) is -1.25. The van der Waals surface area contributed by atoms with Crippen molar-refractivity contribution in [2.24, 2.45) is 5.41 Å². The maximum atomic E-state index is 9.21. The molecule has 2 nitrogen and oxygen atoms in total. The van der Waals surface area contributed by atoms with Gasteiger partial charge in [0.25, 0.3) is 0 Å². The Morgan fingerprint density at radius 2 is 1.62 bits per heavy atom. The first-order valence-corrected chi connectivity index (χ1v) is 12.0. The van der Waals surface area contributed by atoms with Crippen LogP contribution in [0, 0.1) is 5.41 Å². The summed E-state index contributed by atoms with van der Waals surface area (Å²) in [6.45, 7) is 18.8.